The fourth-order valence-electron chi connectivity index (χ4n) is 8.65. The second-order valence-electron chi connectivity index (χ2n) is 19.7. The van der Waals surface area contributed by atoms with Crippen LogP contribution in [0.1, 0.15) is 284 Å². The summed E-state index contributed by atoms with van der Waals surface area (Å²) in [6.07, 6.45) is 71.2. The molecular formula is C62H111NO5. The Morgan fingerprint density at radius 1 is 0.441 bits per heavy atom. The Kier molecular flexibility index (Phi) is 53.0. The molecule has 3 atom stereocenters. The Morgan fingerprint density at radius 2 is 0.794 bits per heavy atom. The highest BCUT2D eigenvalue weighted by Gasteiger charge is 2.24. The van der Waals surface area contributed by atoms with Gasteiger partial charge in [-0.15, -0.1) is 0 Å². The van der Waals surface area contributed by atoms with Crippen LogP contribution in [-0.4, -0.2) is 46.9 Å². The zero-order valence-electron chi connectivity index (χ0n) is 45.0. The average molecular weight is 951 g/mol. The van der Waals surface area contributed by atoms with E-state index >= 15 is 0 Å². The molecule has 0 spiro atoms. The Labute approximate surface area is 421 Å². The molecule has 0 aliphatic carbocycles. The normalized spacial score (nSPS) is 13.7. The molecule has 68 heavy (non-hydrogen) atoms. The van der Waals surface area contributed by atoms with Crippen LogP contribution in [0.15, 0.2) is 72.9 Å². The zero-order chi connectivity index (χ0) is 49.5. The van der Waals surface area contributed by atoms with Crippen LogP contribution in [0.3, 0.4) is 0 Å². The number of nitrogens with one attached hydrogen (secondary N) is 1. The summed E-state index contributed by atoms with van der Waals surface area (Å²) in [6, 6.07) is -0.721. The second kappa shape index (κ2) is 55.2. The summed E-state index contributed by atoms with van der Waals surface area (Å²) in [5.74, 6) is -0.571. The van der Waals surface area contributed by atoms with Gasteiger partial charge in [-0.25, -0.2) is 0 Å². The van der Waals surface area contributed by atoms with Crippen LogP contribution in [0.5, 0.6) is 0 Å². The fraction of sp³-hybridized carbons (Fsp3) is 0.774. The third-order valence-electron chi connectivity index (χ3n) is 13.0. The summed E-state index contributed by atoms with van der Waals surface area (Å²) in [6.45, 7) is 6.38. The number of rotatable bonds is 52. The summed E-state index contributed by atoms with van der Waals surface area (Å²) in [5.41, 5.74) is 0. The van der Waals surface area contributed by atoms with Gasteiger partial charge in [0.15, 0.2) is 0 Å². The Bertz CT molecular complexity index is 1250. The second-order valence-corrected chi connectivity index (χ2v) is 19.7. The number of unbranched alkanes of at least 4 members (excludes halogenated alkanes) is 28. The van der Waals surface area contributed by atoms with Gasteiger partial charge in [0.25, 0.3) is 0 Å². The van der Waals surface area contributed by atoms with Crippen molar-refractivity contribution < 1.29 is 24.5 Å². The molecule has 394 valence electrons. The number of esters is 1. The zero-order valence-corrected chi connectivity index (χ0v) is 45.0. The van der Waals surface area contributed by atoms with Crippen molar-refractivity contribution in [3.05, 3.63) is 72.9 Å². The van der Waals surface area contributed by atoms with Gasteiger partial charge in [-0.05, 0) is 83.5 Å². The minimum Gasteiger partial charge on any atom is -0.462 e. The van der Waals surface area contributed by atoms with E-state index in [9.17, 15) is 19.8 Å². The maximum atomic E-state index is 13.3. The number of carbonyl (C=O) groups is 2. The van der Waals surface area contributed by atoms with Crippen LogP contribution in [0.2, 0.25) is 0 Å². The van der Waals surface area contributed by atoms with Crippen molar-refractivity contribution in [2.24, 2.45) is 0 Å². The van der Waals surface area contributed by atoms with Crippen molar-refractivity contribution in [2.75, 3.05) is 6.61 Å². The van der Waals surface area contributed by atoms with E-state index < -0.39 is 18.2 Å². The molecule has 6 nitrogen and oxygen atoms in total. The summed E-state index contributed by atoms with van der Waals surface area (Å²) in [7, 11) is 0. The molecule has 0 aliphatic rings. The Balaban J connectivity index is 4.66. The minimum atomic E-state index is -0.804. The maximum absolute atomic E-state index is 13.3. The highest BCUT2D eigenvalue weighted by Crippen LogP contribution is 2.18. The molecule has 3 N–H and O–H groups in total. The van der Waals surface area contributed by atoms with Crippen molar-refractivity contribution >= 4 is 11.9 Å². The van der Waals surface area contributed by atoms with Crippen LogP contribution in [0, 0.1) is 0 Å². The predicted octanol–water partition coefficient (Wildman–Crippen LogP) is 18.1. The SMILES string of the molecule is CC/C=C/C/C=C/C/C=C/C/C=C/C/C=C/CCC(=O)OC(CCCCCCCCC/C=C/CCCCCCCC)CC(=O)NC(CO)C(O)CCCCCCCCCCCCCCCCCC. The van der Waals surface area contributed by atoms with E-state index in [1.54, 1.807) is 0 Å². The van der Waals surface area contributed by atoms with E-state index in [1.165, 1.54) is 161 Å². The van der Waals surface area contributed by atoms with Gasteiger partial charge in [0.1, 0.15) is 6.10 Å². The number of amides is 1. The molecule has 6 heteroatoms. The minimum absolute atomic E-state index is 0.0437. The van der Waals surface area contributed by atoms with Gasteiger partial charge >= 0.3 is 5.97 Å². The summed E-state index contributed by atoms with van der Waals surface area (Å²) in [4.78, 5) is 26.3. The topological polar surface area (TPSA) is 95.9 Å². The van der Waals surface area contributed by atoms with Gasteiger partial charge in [0.05, 0.1) is 25.2 Å². The van der Waals surface area contributed by atoms with Crippen molar-refractivity contribution in [1.29, 1.82) is 0 Å². The lowest BCUT2D eigenvalue weighted by Gasteiger charge is -2.24. The summed E-state index contributed by atoms with van der Waals surface area (Å²) < 4.78 is 5.92. The Hall–Kier alpha value is -2.70. The van der Waals surface area contributed by atoms with Gasteiger partial charge in [0, 0.05) is 6.42 Å². The Morgan fingerprint density at radius 3 is 1.21 bits per heavy atom. The largest absolute Gasteiger partial charge is 0.462 e. The molecule has 0 fully saturated rings. The number of hydrogen-bond acceptors (Lipinski definition) is 5. The monoisotopic (exact) mass is 950 g/mol. The standard InChI is InChI=1S/C62H111NO5/c1-4-7-10-13-16-19-22-25-28-31-32-35-38-41-44-47-50-53-58(68-62(67)55-52-49-46-43-40-37-34-30-27-24-21-18-15-12-9-6-3)56-61(66)63-59(57-64)60(65)54-51-48-45-42-39-36-33-29-26-23-20-17-14-11-8-5-2/h9,12,18,21,25,27-28,30,37,40,46,49,58-60,64-65H,4-8,10-11,13-17,19-20,22-24,26,29,31-36,38-39,41-45,47-48,50-57H2,1-3H3,(H,63,66)/b12-9+,21-18+,28-25+,30-27+,40-37+,49-46+. The number of ether oxygens (including phenoxy) is 1. The summed E-state index contributed by atoms with van der Waals surface area (Å²) in [5, 5.41) is 23.9. The highest BCUT2D eigenvalue weighted by atomic mass is 16.5. The molecule has 3 unspecified atom stereocenters. The predicted molar refractivity (Wildman–Crippen MR) is 296 cm³/mol. The lowest BCUT2D eigenvalue weighted by molar-refractivity contribution is -0.150. The molecule has 0 aromatic rings. The van der Waals surface area contributed by atoms with E-state index in [1.807, 2.05) is 6.08 Å². The van der Waals surface area contributed by atoms with Crippen LogP contribution in [0.25, 0.3) is 0 Å². The molecule has 0 saturated heterocycles. The van der Waals surface area contributed by atoms with E-state index in [4.69, 9.17) is 4.74 Å². The third kappa shape index (κ3) is 49.7. The van der Waals surface area contributed by atoms with Crippen molar-refractivity contribution in [3.63, 3.8) is 0 Å². The van der Waals surface area contributed by atoms with Crippen molar-refractivity contribution in [3.8, 4) is 0 Å². The van der Waals surface area contributed by atoms with Crippen LogP contribution in [0.4, 0.5) is 0 Å². The first-order chi connectivity index (χ1) is 33.5. The highest BCUT2D eigenvalue weighted by molar-refractivity contribution is 5.77. The molecule has 0 rings (SSSR count). The lowest BCUT2D eigenvalue weighted by Crippen LogP contribution is -2.46. The summed E-state index contributed by atoms with van der Waals surface area (Å²) >= 11 is 0. The van der Waals surface area contributed by atoms with E-state index in [0.717, 1.165) is 70.6 Å². The smallest absolute Gasteiger partial charge is 0.306 e. The molecule has 1 amide bonds. The molecular weight excluding hydrogens is 839 g/mol. The molecule has 0 bridgehead atoms. The number of aliphatic hydroxyl groups excluding tert-OH is 2. The van der Waals surface area contributed by atoms with Gasteiger partial charge in [-0.2, -0.15) is 0 Å². The number of aliphatic hydroxyl groups is 2. The number of allylic oxidation sites excluding steroid dienone is 12. The van der Waals surface area contributed by atoms with Crippen LogP contribution < -0.4 is 5.32 Å². The first-order valence-corrected chi connectivity index (χ1v) is 29.2. The fourth-order valence-corrected chi connectivity index (χ4v) is 8.65. The van der Waals surface area contributed by atoms with Gasteiger partial charge in [-0.1, -0.05) is 261 Å². The maximum Gasteiger partial charge on any atom is 0.306 e. The van der Waals surface area contributed by atoms with Gasteiger partial charge in [0.2, 0.25) is 5.91 Å². The number of hydrogen-bond donors (Lipinski definition) is 3. The molecule has 0 heterocycles. The van der Waals surface area contributed by atoms with Gasteiger partial charge in [-0.3, -0.25) is 9.59 Å². The molecule has 0 aromatic carbocycles. The first-order valence-electron chi connectivity index (χ1n) is 29.2. The van der Waals surface area contributed by atoms with Gasteiger partial charge < -0.3 is 20.3 Å². The third-order valence-corrected chi connectivity index (χ3v) is 13.0. The molecule has 0 radical (unpaired) electrons. The first kappa shape index (κ1) is 65.3. The molecule has 0 saturated carbocycles. The van der Waals surface area contributed by atoms with E-state index in [2.05, 4.69) is 92.9 Å². The van der Waals surface area contributed by atoms with Crippen molar-refractivity contribution in [2.45, 2.75) is 302 Å². The molecule has 0 aromatic heterocycles. The quantitative estimate of drug-likeness (QED) is 0.0321. The average Bonchev–Trinajstić information content (AvgIpc) is 3.33. The van der Waals surface area contributed by atoms with Crippen molar-refractivity contribution in [1.82, 2.24) is 5.32 Å². The van der Waals surface area contributed by atoms with Crippen LogP contribution >= 0.6 is 0 Å². The van der Waals surface area contributed by atoms with E-state index in [0.29, 0.717) is 19.3 Å². The van der Waals surface area contributed by atoms with E-state index in [-0.39, 0.29) is 31.3 Å². The lowest BCUT2D eigenvalue weighted by atomic mass is 10.0. The molecule has 0 aliphatic heterocycles. The number of carbonyl (C=O) groups excluding carboxylic acids is 2. The van der Waals surface area contributed by atoms with Crippen LogP contribution in [-0.2, 0) is 14.3 Å².